The second-order valence-electron chi connectivity index (χ2n) is 2.36. The quantitative estimate of drug-likeness (QED) is 0.592. The molecule has 0 heterocycles. The van der Waals surface area contributed by atoms with Crippen LogP contribution in [0.25, 0.3) is 0 Å². The van der Waals surface area contributed by atoms with Gasteiger partial charge >= 0.3 is 0 Å². The molecular formula is C6H15NO. The van der Waals surface area contributed by atoms with Gasteiger partial charge in [0.05, 0.1) is 12.7 Å². The van der Waals surface area contributed by atoms with E-state index in [-0.39, 0.29) is 6.04 Å². The predicted molar refractivity (Wildman–Crippen MR) is 34.7 cm³/mol. The Bertz CT molecular complexity index is 44.5. The largest absolute Gasteiger partial charge is 0.377 e. The third kappa shape index (κ3) is 5.92. The minimum Gasteiger partial charge on any atom is -0.377 e. The molecular weight excluding hydrogens is 102 g/mol. The molecule has 2 N–H and O–H groups in total. The number of hydrogen-bond acceptors (Lipinski definition) is 2. The lowest BCUT2D eigenvalue weighted by atomic mass is 10.4. The molecule has 0 saturated heterocycles. The molecule has 0 fully saturated rings. The van der Waals surface area contributed by atoms with E-state index in [2.05, 4.69) is 0 Å². The van der Waals surface area contributed by atoms with Crippen LogP contribution in [-0.4, -0.2) is 18.8 Å². The molecule has 0 aromatic carbocycles. The van der Waals surface area contributed by atoms with Gasteiger partial charge in [0.25, 0.3) is 0 Å². The Morgan fingerprint density at radius 3 is 2.00 bits per heavy atom. The molecule has 0 spiro atoms. The molecule has 0 saturated carbocycles. The zero-order valence-electron chi connectivity index (χ0n) is 5.85. The van der Waals surface area contributed by atoms with Gasteiger partial charge in [-0.3, -0.25) is 0 Å². The SMILES string of the molecule is CC(N)COC(C)C. The molecule has 1 atom stereocenters. The van der Waals surface area contributed by atoms with Gasteiger partial charge in [0.2, 0.25) is 0 Å². The Labute approximate surface area is 51.0 Å². The first-order chi connectivity index (χ1) is 3.63. The third-order valence-electron chi connectivity index (χ3n) is 0.692. The van der Waals surface area contributed by atoms with Crippen LogP contribution >= 0.6 is 0 Å². The second kappa shape index (κ2) is 3.87. The summed E-state index contributed by atoms with van der Waals surface area (Å²) in [7, 11) is 0. The van der Waals surface area contributed by atoms with Crippen molar-refractivity contribution in [1.29, 1.82) is 0 Å². The fraction of sp³-hybridized carbons (Fsp3) is 1.00. The Morgan fingerprint density at radius 2 is 1.88 bits per heavy atom. The van der Waals surface area contributed by atoms with Crippen LogP contribution in [-0.2, 0) is 4.74 Å². The normalized spacial score (nSPS) is 14.6. The average molecular weight is 117 g/mol. The smallest absolute Gasteiger partial charge is 0.0618 e. The van der Waals surface area contributed by atoms with Crippen LogP contribution < -0.4 is 5.73 Å². The molecule has 0 aliphatic heterocycles. The van der Waals surface area contributed by atoms with Crippen molar-refractivity contribution in [3.05, 3.63) is 0 Å². The third-order valence-corrected chi connectivity index (χ3v) is 0.692. The van der Waals surface area contributed by atoms with E-state index in [9.17, 15) is 0 Å². The summed E-state index contributed by atoms with van der Waals surface area (Å²) in [5, 5.41) is 0. The van der Waals surface area contributed by atoms with Gasteiger partial charge in [-0.25, -0.2) is 0 Å². The van der Waals surface area contributed by atoms with Crippen molar-refractivity contribution in [1.82, 2.24) is 0 Å². The first kappa shape index (κ1) is 7.92. The van der Waals surface area contributed by atoms with Crippen LogP contribution in [0.4, 0.5) is 0 Å². The summed E-state index contributed by atoms with van der Waals surface area (Å²) in [5.41, 5.74) is 5.42. The van der Waals surface area contributed by atoms with Crippen LogP contribution in [0.2, 0.25) is 0 Å². The predicted octanol–water partition coefficient (Wildman–Crippen LogP) is 0.759. The van der Waals surface area contributed by atoms with Crippen molar-refractivity contribution >= 4 is 0 Å². The van der Waals surface area contributed by atoms with Gasteiger partial charge in [-0.2, -0.15) is 0 Å². The Balaban J connectivity index is 2.93. The number of ether oxygens (including phenoxy) is 1. The van der Waals surface area contributed by atoms with Crippen molar-refractivity contribution in [2.75, 3.05) is 6.61 Å². The van der Waals surface area contributed by atoms with Gasteiger partial charge in [0.15, 0.2) is 0 Å². The molecule has 0 aliphatic rings. The summed E-state index contributed by atoms with van der Waals surface area (Å²) in [4.78, 5) is 0. The maximum absolute atomic E-state index is 5.42. The second-order valence-corrected chi connectivity index (χ2v) is 2.36. The lowest BCUT2D eigenvalue weighted by Crippen LogP contribution is -2.23. The monoisotopic (exact) mass is 117 g/mol. The van der Waals surface area contributed by atoms with Crippen molar-refractivity contribution in [3.8, 4) is 0 Å². The molecule has 0 rings (SSSR count). The molecule has 0 radical (unpaired) electrons. The number of hydrogen-bond donors (Lipinski definition) is 1. The van der Waals surface area contributed by atoms with Crippen molar-refractivity contribution in [2.24, 2.45) is 5.73 Å². The Morgan fingerprint density at radius 1 is 1.38 bits per heavy atom. The summed E-state index contributed by atoms with van der Waals surface area (Å²) in [5.74, 6) is 0. The van der Waals surface area contributed by atoms with Crippen LogP contribution in [0, 0.1) is 0 Å². The lowest BCUT2D eigenvalue weighted by molar-refractivity contribution is 0.0712. The van der Waals surface area contributed by atoms with E-state index in [0.717, 1.165) is 0 Å². The van der Waals surface area contributed by atoms with E-state index in [1.807, 2.05) is 20.8 Å². The van der Waals surface area contributed by atoms with Crippen molar-refractivity contribution in [3.63, 3.8) is 0 Å². The average Bonchev–Trinajstić information content (AvgIpc) is 1.61. The van der Waals surface area contributed by atoms with E-state index in [0.29, 0.717) is 12.7 Å². The van der Waals surface area contributed by atoms with E-state index in [1.165, 1.54) is 0 Å². The molecule has 0 aliphatic carbocycles. The van der Waals surface area contributed by atoms with Crippen LogP contribution in [0.3, 0.4) is 0 Å². The van der Waals surface area contributed by atoms with Gasteiger partial charge in [-0.05, 0) is 20.8 Å². The highest BCUT2D eigenvalue weighted by Gasteiger charge is 1.94. The van der Waals surface area contributed by atoms with Gasteiger partial charge in [-0.15, -0.1) is 0 Å². The molecule has 0 aromatic heterocycles. The maximum atomic E-state index is 5.42. The molecule has 2 nitrogen and oxygen atoms in total. The van der Waals surface area contributed by atoms with E-state index in [4.69, 9.17) is 10.5 Å². The van der Waals surface area contributed by atoms with Gasteiger partial charge in [0, 0.05) is 6.04 Å². The zero-order chi connectivity index (χ0) is 6.57. The van der Waals surface area contributed by atoms with E-state index >= 15 is 0 Å². The molecule has 8 heavy (non-hydrogen) atoms. The Hall–Kier alpha value is -0.0800. The van der Waals surface area contributed by atoms with Gasteiger partial charge < -0.3 is 10.5 Å². The molecule has 50 valence electrons. The summed E-state index contributed by atoms with van der Waals surface area (Å²) < 4.78 is 5.18. The minimum absolute atomic E-state index is 0.164. The van der Waals surface area contributed by atoms with Crippen molar-refractivity contribution < 1.29 is 4.74 Å². The van der Waals surface area contributed by atoms with E-state index in [1.54, 1.807) is 0 Å². The van der Waals surface area contributed by atoms with Crippen LogP contribution in [0.15, 0.2) is 0 Å². The molecule has 0 aromatic rings. The zero-order valence-corrected chi connectivity index (χ0v) is 5.85. The lowest BCUT2D eigenvalue weighted by Gasteiger charge is -2.08. The highest BCUT2D eigenvalue weighted by atomic mass is 16.5. The number of nitrogens with two attached hydrogens (primary N) is 1. The Kier molecular flexibility index (Phi) is 3.83. The summed E-state index contributed by atoms with van der Waals surface area (Å²) >= 11 is 0. The fourth-order valence-corrected chi connectivity index (χ4v) is 0.344. The molecule has 2 heteroatoms. The van der Waals surface area contributed by atoms with E-state index < -0.39 is 0 Å². The van der Waals surface area contributed by atoms with Crippen LogP contribution in [0.5, 0.6) is 0 Å². The standard InChI is InChI=1S/C6H15NO/c1-5(2)8-4-6(3)7/h5-6H,4,7H2,1-3H3. The van der Waals surface area contributed by atoms with Crippen molar-refractivity contribution in [2.45, 2.75) is 32.9 Å². The maximum Gasteiger partial charge on any atom is 0.0618 e. The highest BCUT2D eigenvalue weighted by molar-refractivity contribution is 4.49. The highest BCUT2D eigenvalue weighted by Crippen LogP contribution is 1.87. The number of rotatable bonds is 3. The molecule has 0 amide bonds. The summed E-state index contributed by atoms with van der Waals surface area (Å²) in [6.07, 6.45) is 0.306. The fourth-order valence-electron chi connectivity index (χ4n) is 0.344. The van der Waals surface area contributed by atoms with Crippen LogP contribution in [0.1, 0.15) is 20.8 Å². The van der Waals surface area contributed by atoms with Gasteiger partial charge in [-0.1, -0.05) is 0 Å². The molecule has 0 bridgehead atoms. The minimum atomic E-state index is 0.164. The molecule has 1 unspecified atom stereocenters. The first-order valence-electron chi connectivity index (χ1n) is 3.00. The first-order valence-corrected chi connectivity index (χ1v) is 3.00. The summed E-state index contributed by atoms with van der Waals surface area (Å²) in [6.45, 7) is 6.60. The summed E-state index contributed by atoms with van der Waals surface area (Å²) in [6, 6.07) is 0.164. The van der Waals surface area contributed by atoms with Gasteiger partial charge in [0.1, 0.15) is 0 Å². The topological polar surface area (TPSA) is 35.2 Å².